The summed E-state index contributed by atoms with van der Waals surface area (Å²) >= 11 is 2.83. The highest BCUT2D eigenvalue weighted by atomic mass is 32.2. The summed E-state index contributed by atoms with van der Waals surface area (Å²) in [7, 11) is 1.63. The van der Waals surface area contributed by atoms with E-state index in [1.165, 1.54) is 34.0 Å². The zero-order valence-electron chi connectivity index (χ0n) is 17.1. The van der Waals surface area contributed by atoms with Crippen molar-refractivity contribution in [1.29, 1.82) is 0 Å². The summed E-state index contributed by atoms with van der Waals surface area (Å²) in [6, 6.07) is 6.54. The lowest BCUT2D eigenvalue weighted by Gasteiger charge is -2.13. The molecule has 162 valence electrons. The first-order chi connectivity index (χ1) is 14.6. The molecule has 2 aromatic rings. The molecule has 0 spiro atoms. The number of aryl methyl sites for hydroxylation is 1. The standard InChI is InChI=1S/C22H27FN2O3S2/c1-28-13-6-12-24-21(27)20-15-7-2-4-9-17(15)30-22(20)25-19(26)11-14-29-18-10-5-3-8-16(18)23/h3,5,8,10H,2,4,6-7,9,11-14H2,1H3,(H,24,27)(H,25,26). The van der Waals surface area contributed by atoms with E-state index in [0.717, 1.165) is 37.7 Å². The fourth-order valence-corrected chi connectivity index (χ4v) is 5.60. The Kier molecular flexibility index (Phi) is 8.72. The highest BCUT2D eigenvalue weighted by Gasteiger charge is 2.26. The van der Waals surface area contributed by atoms with Gasteiger partial charge in [0, 0.05) is 42.2 Å². The Labute approximate surface area is 184 Å². The van der Waals surface area contributed by atoms with Crippen LogP contribution in [0.25, 0.3) is 0 Å². The van der Waals surface area contributed by atoms with Crippen LogP contribution in [0.3, 0.4) is 0 Å². The molecule has 1 aliphatic carbocycles. The Hall–Kier alpha value is -1.90. The van der Waals surface area contributed by atoms with Gasteiger partial charge < -0.3 is 15.4 Å². The van der Waals surface area contributed by atoms with E-state index in [2.05, 4.69) is 10.6 Å². The predicted molar refractivity (Wildman–Crippen MR) is 120 cm³/mol. The predicted octanol–water partition coefficient (Wildman–Crippen LogP) is 4.65. The van der Waals surface area contributed by atoms with Crippen molar-refractivity contribution in [3.8, 4) is 0 Å². The summed E-state index contributed by atoms with van der Waals surface area (Å²) in [6.45, 7) is 1.12. The fraction of sp³-hybridized carbons (Fsp3) is 0.455. The Balaban J connectivity index is 1.62. The second kappa shape index (κ2) is 11.5. The van der Waals surface area contributed by atoms with Crippen molar-refractivity contribution in [2.24, 2.45) is 0 Å². The lowest BCUT2D eigenvalue weighted by molar-refractivity contribution is -0.115. The first-order valence-electron chi connectivity index (χ1n) is 10.2. The third-order valence-corrected chi connectivity index (χ3v) is 7.14. The topological polar surface area (TPSA) is 67.4 Å². The molecule has 2 N–H and O–H groups in total. The molecule has 1 heterocycles. The molecule has 0 fully saturated rings. The number of halogens is 1. The molecule has 1 aliphatic rings. The maximum atomic E-state index is 13.7. The number of amides is 2. The maximum Gasteiger partial charge on any atom is 0.254 e. The third kappa shape index (κ3) is 6.06. The van der Waals surface area contributed by atoms with E-state index in [1.807, 2.05) is 0 Å². The number of benzene rings is 1. The van der Waals surface area contributed by atoms with Crippen molar-refractivity contribution in [3.05, 3.63) is 46.1 Å². The number of thioether (sulfide) groups is 1. The van der Waals surface area contributed by atoms with Gasteiger partial charge in [-0.15, -0.1) is 23.1 Å². The van der Waals surface area contributed by atoms with Crippen LogP contribution in [0.2, 0.25) is 0 Å². The Morgan fingerprint density at radius 1 is 1.23 bits per heavy atom. The van der Waals surface area contributed by atoms with E-state index in [-0.39, 0.29) is 24.1 Å². The number of fused-ring (bicyclic) bond motifs is 1. The first kappa shape index (κ1) is 22.8. The summed E-state index contributed by atoms with van der Waals surface area (Å²) < 4.78 is 18.7. The molecule has 8 heteroatoms. The highest BCUT2D eigenvalue weighted by Crippen LogP contribution is 2.38. The number of carbonyl (C=O) groups excluding carboxylic acids is 2. The second-order valence-corrected chi connectivity index (χ2v) is 9.34. The van der Waals surface area contributed by atoms with Crippen molar-refractivity contribution in [1.82, 2.24) is 5.32 Å². The van der Waals surface area contributed by atoms with Gasteiger partial charge >= 0.3 is 0 Å². The monoisotopic (exact) mass is 450 g/mol. The van der Waals surface area contributed by atoms with E-state index in [9.17, 15) is 14.0 Å². The first-order valence-corrected chi connectivity index (χ1v) is 12.0. The summed E-state index contributed by atoms with van der Waals surface area (Å²) in [6.07, 6.45) is 4.96. The number of methoxy groups -OCH3 is 1. The van der Waals surface area contributed by atoms with Gasteiger partial charge in [-0.25, -0.2) is 4.39 Å². The minimum absolute atomic E-state index is 0.137. The number of anilines is 1. The average molecular weight is 451 g/mol. The van der Waals surface area contributed by atoms with Gasteiger partial charge in [0.1, 0.15) is 10.8 Å². The van der Waals surface area contributed by atoms with E-state index >= 15 is 0 Å². The zero-order chi connectivity index (χ0) is 21.3. The van der Waals surface area contributed by atoms with E-state index in [1.54, 1.807) is 25.3 Å². The molecule has 0 bridgehead atoms. The lowest BCUT2D eigenvalue weighted by atomic mass is 9.95. The summed E-state index contributed by atoms with van der Waals surface area (Å²) in [5, 5.41) is 6.51. The molecule has 0 saturated heterocycles. The molecular weight excluding hydrogens is 423 g/mol. The molecule has 0 unspecified atom stereocenters. The van der Waals surface area contributed by atoms with Crippen molar-refractivity contribution < 1.29 is 18.7 Å². The van der Waals surface area contributed by atoms with Gasteiger partial charge in [-0.1, -0.05) is 12.1 Å². The average Bonchev–Trinajstić information content (AvgIpc) is 3.10. The zero-order valence-corrected chi connectivity index (χ0v) is 18.7. The highest BCUT2D eigenvalue weighted by molar-refractivity contribution is 7.99. The largest absolute Gasteiger partial charge is 0.385 e. The lowest BCUT2D eigenvalue weighted by Crippen LogP contribution is -2.27. The number of hydrogen-bond acceptors (Lipinski definition) is 5. The van der Waals surface area contributed by atoms with Crippen molar-refractivity contribution in [3.63, 3.8) is 0 Å². The maximum absolute atomic E-state index is 13.7. The van der Waals surface area contributed by atoms with Crippen LogP contribution in [0.1, 0.15) is 46.5 Å². The van der Waals surface area contributed by atoms with Crippen LogP contribution >= 0.6 is 23.1 Å². The van der Waals surface area contributed by atoms with Gasteiger partial charge in [0.2, 0.25) is 5.91 Å². The minimum atomic E-state index is -0.277. The normalized spacial score (nSPS) is 13.0. The molecule has 0 aliphatic heterocycles. The van der Waals surface area contributed by atoms with Crippen molar-refractivity contribution in [2.45, 2.75) is 43.4 Å². The molecule has 30 heavy (non-hydrogen) atoms. The Morgan fingerprint density at radius 3 is 2.83 bits per heavy atom. The second-order valence-electron chi connectivity index (χ2n) is 7.09. The molecule has 0 saturated carbocycles. The number of carbonyl (C=O) groups is 2. The van der Waals surface area contributed by atoms with Crippen LogP contribution < -0.4 is 10.6 Å². The summed E-state index contributed by atoms with van der Waals surface area (Å²) in [5.74, 6) is -0.107. The molecule has 1 aromatic heterocycles. The fourth-order valence-electron chi connectivity index (χ4n) is 3.41. The van der Waals surface area contributed by atoms with E-state index < -0.39 is 0 Å². The van der Waals surface area contributed by atoms with Crippen LogP contribution in [0, 0.1) is 5.82 Å². The number of ether oxygens (including phenoxy) is 1. The van der Waals surface area contributed by atoms with Crippen LogP contribution in [-0.4, -0.2) is 37.8 Å². The summed E-state index contributed by atoms with van der Waals surface area (Å²) in [5.41, 5.74) is 1.69. The Morgan fingerprint density at radius 2 is 2.03 bits per heavy atom. The van der Waals surface area contributed by atoms with Crippen LogP contribution in [0.5, 0.6) is 0 Å². The molecule has 2 amide bonds. The van der Waals surface area contributed by atoms with Crippen molar-refractivity contribution in [2.75, 3.05) is 31.3 Å². The number of hydrogen-bond donors (Lipinski definition) is 2. The quantitative estimate of drug-likeness (QED) is 0.408. The van der Waals surface area contributed by atoms with Gasteiger partial charge in [0.25, 0.3) is 5.91 Å². The SMILES string of the molecule is COCCCNC(=O)c1c(NC(=O)CCSc2ccccc2F)sc2c1CCCC2. The van der Waals surface area contributed by atoms with Gasteiger partial charge in [-0.2, -0.15) is 0 Å². The van der Waals surface area contributed by atoms with E-state index in [0.29, 0.717) is 34.4 Å². The van der Waals surface area contributed by atoms with Crippen LogP contribution in [0.4, 0.5) is 9.39 Å². The number of nitrogens with one attached hydrogen (secondary N) is 2. The molecule has 0 radical (unpaired) electrons. The smallest absolute Gasteiger partial charge is 0.254 e. The number of rotatable bonds is 10. The molecule has 3 rings (SSSR count). The minimum Gasteiger partial charge on any atom is -0.385 e. The van der Waals surface area contributed by atoms with Gasteiger partial charge in [-0.05, 0) is 49.8 Å². The number of thiophene rings is 1. The van der Waals surface area contributed by atoms with Gasteiger partial charge in [0.15, 0.2) is 0 Å². The van der Waals surface area contributed by atoms with Crippen LogP contribution in [-0.2, 0) is 22.4 Å². The van der Waals surface area contributed by atoms with Crippen molar-refractivity contribution >= 4 is 39.9 Å². The summed E-state index contributed by atoms with van der Waals surface area (Å²) in [4.78, 5) is 27.1. The molecule has 5 nitrogen and oxygen atoms in total. The molecule has 1 aromatic carbocycles. The Bertz CT molecular complexity index is 885. The third-order valence-electron chi connectivity index (χ3n) is 4.89. The molecule has 0 atom stereocenters. The van der Waals surface area contributed by atoms with E-state index in [4.69, 9.17) is 4.74 Å². The molecular formula is C22H27FN2O3S2. The van der Waals surface area contributed by atoms with Gasteiger partial charge in [-0.3, -0.25) is 9.59 Å². The van der Waals surface area contributed by atoms with Gasteiger partial charge in [0.05, 0.1) is 5.56 Å². The van der Waals surface area contributed by atoms with Crippen LogP contribution in [0.15, 0.2) is 29.2 Å².